The topological polar surface area (TPSA) is 86.6 Å². The van der Waals surface area contributed by atoms with E-state index in [9.17, 15) is 0 Å². The number of hydrogen-bond donors (Lipinski definition) is 0. The highest BCUT2D eigenvalue weighted by Crippen LogP contribution is 2.63. The van der Waals surface area contributed by atoms with Gasteiger partial charge in [-0.05, 0) is 40.5 Å². The molecule has 7 heteroatoms. The first-order valence-corrected chi connectivity index (χ1v) is 20.6. The molecule has 12 rings (SSSR count). The number of para-hydroxylation sites is 2. The van der Waals surface area contributed by atoms with Crippen molar-refractivity contribution >= 4 is 0 Å². The molecule has 0 unspecified atom stereocenters. The first-order chi connectivity index (χ1) is 30.7. The number of ether oxygens (including phenoxy) is 1. The molecule has 1 aliphatic heterocycles. The SMILES string of the molecule is c1ccc(-c2nc(-c3ccccc3)nc(-c3ccc4c(c3)C3(c5ccccc5Oc5ccccc53)c3cccc(-c5nc(-c6ccccc6)nc(-c6ccccc6)n5)c3-4)n2)cc1. The van der Waals surface area contributed by atoms with Gasteiger partial charge in [0.25, 0.3) is 0 Å². The second kappa shape index (κ2) is 14.4. The third kappa shape index (κ3) is 5.67. The summed E-state index contributed by atoms with van der Waals surface area (Å²) in [5.41, 5.74) is 11.1. The van der Waals surface area contributed by atoms with Gasteiger partial charge < -0.3 is 4.74 Å². The van der Waals surface area contributed by atoms with Crippen LogP contribution in [0.5, 0.6) is 11.5 Å². The standard InChI is InChI=1S/C55H34N6O/c1-5-18-35(19-6-1)49-56-50(36-20-7-2-8-21-36)59-53(58-49)39-32-33-40-45(34-39)55(42-27-13-15-30-46(42)62-47-31-16-14-28-43(47)55)44-29-17-26-41(48(40)44)54-60-51(37-22-9-3-10-23-37)57-52(61-54)38-24-11-4-12-25-38/h1-34H. The summed E-state index contributed by atoms with van der Waals surface area (Å²) in [4.78, 5) is 30.8. The summed E-state index contributed by atoms with van der Waals surface area (Å²) in [6.07, 6.45) is 0. The van der Waals surface area contributed by atoms with Crippen molar-refractivity contribution in [1.29, 1.82) is 0 Å². The van der Waals surface area contributed by atoms with Crippen LogP contribution in [0.2, 0.25) is 0 Å². The molecule has 10 aromatic rings. The largest absolute Gasteiger partial charge is 0.457 e. The van der Waals surface area contributed by atoms with Gasteiger partial charge in [0, 0.05) is 44.5 Å². The van der Waals surface area contributed by atoms with Crippen molar-refractivity contribution in [3.8, 4) is 91.0 Å². The molecular formula is C55H34N6O. The molecule has 0 amide bonds. The van der Waals surface area contributed by atoms with Crippen molar-refractivity contribution in [2.24, 2.45) is 0 Å². The van der Waals surface area contributed by atoms with Crippen molar-refractivity contribution in [1.82, 2.24) is 29.9 Å². The molecule has 0 radical (unpaired) electrons. The number of benzene rings is 8. The third-order valence-electron chi connectivity index (χ3n) is 11.9. The van der Waals surface area contributed by atoms with Gasteiger partial charge in [-0.2, -0.15) is 0 Å². The zero-order valence-corrected chi connectivity index (χ0v) is 33.2. The van der Waals surface area contributed by atoms with Gasteiger partial charge in [-0.25, -0.2) is 29.9 Å². The van der Waals surface area contributed by atoms with Crippen LogP contribution in [-0.2, 0) is 5.41 Å². The lowest BCUT2D eigenvalue weighted by atomic mass is 9.66. The molecule has 8 aromatic carbocycles. The summed E-state index contributed by atoms with van der Waals surface area (Å²) in [5.74, 6) is 5.20. The number of rotatable bonds is 6. The predicted octanol–water partition coefficient (Wildman–Crippen LogP) is 12.5. The molecule has 0 atom stereocenters. The van der Waals surface area contributed by atoms with E-state index in [-0.39, 0.29) is 0 Å². The Morgan fingerprint density at radius 1 is 0.274 bits per heavy atom. The molecule has 290 valence electrons. The molecule has 0 saturated heterocycles. The van der Waals surface area contributed by atoms with Gasteiger partial charge in [0.2, 0.25) is 0 Å². The highest BCUT2D eigenvalue weighted by molar-refractivity contribution is 5.96. The van der Waals surface area contributed by atoms with Crippen molar-refractivity contribution in [3.63, 3.8) is 0 Å². The van der Waals surface area contributed by atoms with Gasteiger partial charge in [-0.3, -0.25) is 0 Å². The fraction of sp³-hybridized carbons (Fsp3) is 0.0182. The summed E-state index contributed by atoms with van der Waals surface area (Å²) in [7, 11) is 0. The van der Waals surface area contributed by atoms with Crippen molar-refractivity contribution in [2.75, 3.05) is 0 Å². The van der Waals surface area contributed by atoms with E-state index in [2.05, 4.69) is 72.8 Å². The van der Waals surface area contributed by atoms with E-state index >= 15 is 0 Å². The van der Waals surface area contributed by atoms with Crippen LogP contribution in [-0.4, -0.2) is 29.9 Å². The molecule has 1 spiro atoms. The van der Waals surface area contributed by atoms with Gasteiger partial charge in [0.1, 0.15) is 11.5 Å². The maximum atomic E-state index is 6.72. The molecule has 0 saturated carbocycles. The van der Waals surface area contributed by atoms with E-state index in [1.165, 1.54) is 0 Å². The maximum absolute atomic E-state index is 6.72. The number of aromatic nitrogens is 6. The summed E-state index contributed by atoms with van der Waals surface area (Å²) < 4.78 is 6.72. The molecular weight excluding hydrogens is 761 g/mol. The second-order valence-corrected chi connectivity index (χ2v) is 15.4. The molecule has 2 aliphatic rings. The fourth-order valence-corrected chi connectivity index (χ4v) is 9.14. The van der Waals surface area contributed by atoms with Gasteiger partial charge in [0.15, 0.2) is 34.9 Å². The van der Waals surface area contributed by atoms with Crippen molar-refractivity contribution in [3.05, 3.63) is 229 Å². The Hall–Kier alpha value is -8.42. The summed E-state index contributed by atoms with van der Waals surface area (Å²) >= 11 is 0. The molecule has 7 nitrogen and oxygen atoms in total. The Labute approximate surface area is 358 Å². The first kappa shape index (κ1) is 35.5. The van der Waals surface area contributed by atoms with Gasteiger partial charge >= 0.3 is 0 Å². The Morgan fingerprint density at radius 3 is 1.13 bits per heavy atom. The predicted molar refractivity (Wildman–Crippen MR) is 243 cm³/mol. The molecule has 2 aromatic heterocycles. The average molecular weight is 795 g/mol. The van der Waals surface area contributed by atoms with E-state index in [0.29, 0.717) is 34.9 Å². The maximum Gasteiger partial charge on any atom is 0.164 e. The van der Waals surface area contributed by atoms with Crippen LogP contribution in [0.3, 0.4) is 0 Å². The van der Waals surface area contributed by atoms with E-state index in [0.717, 1.165) is 78.3 Å². The molecule has 0 fully saturated rings. The normalized spacial score (nSPS) is 12.8. The Bertz CT molecular complexity index is 3160. The van der Waals surface area contributed by atoms with Crippen LogP contribution < -0.4 is 4.74 Å². The summed E-state index contributed by atoms with van der Waals surface area (Å²) in [6.45, 7) is 0. The fourth-order valence-electron chi connectivity index (χ4n) is 9.14. The highest BCUT2D eigenvalue weighted by atomic mass is 16.5. The smallest absolute Gasteiger partial charge is 0.164 e. The minimum absolute atomic E-state index is 0.581. The first-order valence-electron chi connectivity index (χ1n) is 20.6. The lowest BCUT2D eigenvalue weighted by Crippen LogP contribution is -2.32. The van der Waals surface area contributed by atoms with Gasteiger partial charge in [-0.15, -0.1) is 0 Å². The monoisotopic (exact) mass is 794 g/mol. The molecule has 0 N–H and O–H groups in total. The lowest BCUT2D eigenvalue weighted by molar-refractivity contribution is 0.436. The Balaban J connectivity index is 1.15. The van der Waals surface area contributed by atoms with Gasteiger partial charge in [0.05, 0.1) is 5.41 Å². The molecule has 0 bridgehead atoms. The zero-order chi connectivity index (χ0) is 41.0. The lowest BCUT2D eigenvalue weighted by Gasteiger charge is -2.39. The van der Waals surface area contributed by atoms with Gasteiger partial charge in [-0.1, -0.05) is 188 Å². The number of hydrogen-bond acceptors (Lipinski definition) is 7. The minimum Gasteiger partial charge on any atom is -0.457 e. The minimum atomic E-state index is -0.781. The van der Waals surface area contributed by atoms with E-state index < -0.39 is 5.41 Å². The Morgan fingerprint density at radius 2 is 0.661 bits per heavy atom. The number of fused-ring (bicyclic) bond motifs is 9. The van der Waals surface area contributed by atoms with Crippen molar-refractivity contribution < 1.29 is 4.74 Å². The zero-order valence-electron chi connectivity index (χ0n) is 33.2. The Kier molecular flexibility index (Phi) is 8.25. The summed E-state index contributed by atoms with van der Waals surface area (Å²) in [6, 6.07) is 70.3. The quantitative estimate of drug-likeness (QED) is 0.166. The van der Waals surface area contributed by atoms with E-state index in [1.54, 1.807) is 0 Å². The van der Waals surface area contributed by atoms with Crippen LogP contribution in [0, 0.1) is 0 Å². The van der Waals surface area contributed by atoms with Crippen LogP contribution in [0.15, 0.2) is 206 Å². The van der Waals surface area contributed by atoms with E-state index in [4.69, 9.17) is 34.6 Å². The van der Waals surface area contributed by atoms with Crippen LogP contribution >= 0.6 is 0 Å². The van der Waals surface area contributed by atoms with Crippen LogP contribution in [0.25, 0.3) is 79.5 Å². The molecule has 62 heavy (non-hydrogen) atoms. The van der Waals surface area contributed by atoms with E-state index in [1.807, 2.05) is 133 Å². The number of nitrogens with zero attached hydrogens (tertiary/aromatic N) is 6. The molecule has 1 aliphatic carbocycles. The molecule has 3 heterocycles. The third-order valence-corrected chi connectivity index (χ3v) is 11.9. The van der Waals surface area contributed by atoms with Crippen LogP contribution in [0.1, 0.15) is 22.3 Å². The van der Waals surface area contributed by atoms with Crippen molar-refractivity contribution in [2.45, 2.75) is 5.41 Å². The van der Waals surface area contributed by atoms with Crippen LogP contribution in [0.4, 0.5) is 0 Å². The summed E-state index contributed by atoms with van der Waals surface area (Å²) in [5, 5.41) is 0. The second-order valence-electron chi connectivity index (χ2n) is 15.4. The highest BCUT2D eigenvalue weighted by Gasteiger charge is 2.52. The average Bonchev–Trinajstić information content (AvgIpc) is 3.65.